The normalized spacial score (nSPS) is 17.3. The summed E-state index contributed by atoms with van der Waals surface area (Å²) in [7, 11) is 1.49. The van der Waals surface area contributed by atoms with Crippen LogP contribution < -0.4 is 5.32 Å². The van der Waals surface area contributed by atoms with E-state index in [0.717, 1.165) is 26.1 Å². The highest BCUT2D eigenvalue weighted by atomic mass is 16.5. The van der Waals surface area contributed by atoms with Gasteiger partial charge in [0.25, 0.3) is 0 Å². The molecule has 0 bridgehead atoms. The maximum atomic E-state index is 11.9. The van der Waals surface area contributed by atoms with E-state index in [2.05, 4.69) is 5.32 Å². The number of nitrogens with zero attached hydrogens (tertiary/aromatic N) is 1. The summed E-state index contributed by atoms with van der Waals surface area (Å²) in [5.41, 5.74) is -1.21. The van der Waals surface area contributed by atoms with Gasteiger partial charge in [0.2, 0.25) is 0 Å². The zero-order valence-electron chi connectivity index (χ0n) is 11.2. The Balaban J connectivity index is 2.42. The maximum absolute atomic E-state index is 11.9. The first-order valence-electron chi connectivity index (χ1n) is 6.18. The van der Waals surface area contributed by atoms with Crippen molar-refractivity contribution in [3.63, 3.8) is 0 Å². The Hall–Kier alpha value is -1.30. The quantitative estimate of drug-likeness (QED) is 0.786. The van der Waals surface area contributed by atoms with Crippen LogP contribution in [0.1, 0.15) is 26.7 Å². The molecule has 1 aliphatic rings. The van der Waals surface area contributed by atoms with E-state index in [4.69, 9.17) is 9.84 Å². The van der Waals surface area contributed by atoms with Crippen molar-refractivity contribution >= 4 is 12.0 Å². The molecule has 6 heteroatoms. The molecule has 18 heavy (non-hydrogen) atoms. The maximum Gasteiger partial charge on any atom is 0.329 e. The SMILES string of the molecule is CN(C(=O)NCC1CCOCC1)C(C)(C)C(=O)O. The lowest BCUT2D eigenvalue weighted by atomic mass is 10.0. The average molecular weight is 258 g/mol. The molecule has 6 nitrogen and oxygen atoms in total. The number of carboxylic acids is 1. The molecular formula is C12H22N2O4. The molecule has 1 saturated heterocycles. The van der Waals surface area contributed by atoms with Gasteiger partial charge in [-0.05, 0) is 32.6 Å². The third-order valence-electron chi connectivity index (χ3n) is 3.55. The fourth-order valence-corrected chi connectivity index (χ4v) is 1.70. The largest absolute Gasteiger partial charge is 0.480 e. The molecule has 1 fully saturated rings. The number of aliphatic carboxylic acids is 1. The van der Waals surface area contributed by atoms with E-state index in [9.17, 15) is 9.59 Å². The van der Waals surface area contributed by atoms with Crippen LogP contribution in [-0.4, -0.2) is 54.4 Å². The summed E-state index contributed by atoms with van der Waals surface area (Å²) in [5.74, 6) is -0.602. The molecule has 1 rings (SSSR count). The van der Waals surface area contributed by atoms with Crippen molar-refractivity contribution in [1.82, 2.24) is 10.2 Å². The highest BCUT2D eigenvalue weighted by Crippen LogP contribution is 2.15. The molecule has 0 spiro atoms. The minimum atomic E-state index is -1.21. The Morgan fingerprint density at radius 2 is 1.94 bits per heavy atom. The number of urea groups is 1. The van der Waals surface area contributed by atoms with Crippen LogP contribution in [0.3, 0.4) is 0 Å². The van der Waals surface area contributed by atoms with E-state index < -0.39 is 11.5 Å². The molecule has 0 atom stereocenters. The van der Waals surface area contributed by atoms with Gasteiger partial charge >= 0.3 is 12.0 Å². The first kappa shape index (κ1) is 14.8. The van der Waals surface area contributed by atoms with Crippen LogP contribution in [0.25, 0.3) is 0 Å². The Morgan fingerprint density at radius 3 is 2.44 bits per heavy atom. The molecule has 0 aromatic rings. The number of nitrogens with one attached hydrogen (secondary N) is 1. The number of carbonyl (C=O) groups excluding carboxylic acids is 1. The van der Waals surface area contributed by atoms with Crippen molar-refractivity contribution in [2.24, 2.45) is 5.92 Å². The molecule has 0 saturated carbocycles. The molecule has 1 aliphatic heterocycles. The fraction of sp³-hybridized carbons (Fsp3) is 0.833. The average Bonchev–Trinajstić information content (AvgIpc) is 2.36. The zero-order chi connectivity index (χ0) is 13.8. The van der Waals surface area contributed by atoms with Crippen molar-refractivity contribution in [3.8, 4) is 0 Å². The number of ether oxygens (including phenoxy) is 1. The number of amides is 2. The number of carbonyl (C=O) groups is 2. The van der Waals surface area contributed by atoms with Crippen LogP contribution in [0.15, 0.2) is 0 Å². The lowest BCUT2D eigenvalue weighted by Crippen LogP contribution is -2.54. The molecular weight excluding hydrogens is 236 g/mol. The molecule has 0 radical (unpaired) electrons. The van der Waals surface area contributed by atoms with Crippen LogP contribution in [0.2, 0.25) is 0 Å². The second-order valence-corrected chi connectivity index (χ2v) is 5.16. The van der Waals surface area contributed by atoms with Crippen molar-refractivity contribution in [2.75, 3.05) is 26.8 Å². The smallest absolute Gasteiger partial charge is 0.329 e. The Kier molecular flexibility index (Phi) is 4.95. The van der Waals surface area contributed by atoms with Gasteiger partial charge in [-0.2, -0.15) is 0 Å². The number of carboxylic acid groups (broad SMARTS) is 1. The standard InChI is InChI=1S/C12H22N2O4/c1-12(2,10(15)16)14(3)11(17)13-8-9-4-6-18-7-5-9/h9H,4-8H2,1-3H3,(H,13,17)(H,15,16). The van der Waals surface area contributed by atoms with E-state index in [1.54, 1.807) is 0 Å². The third-order valence-corrected chi connectivity index (χ3v) is 3.55. The van der Waals surface area contributed by atoms with E-state index in [1.807, 2.05) is 0 Å². The molecule has 0 aromatic carbocycles. The van der Waals surface area contributed by atoms with Gasteiger partial charge in [0.05, 0.1) is 0 Å². The molecule has 0 aromatic heterocycles. The van der Waals surface area contributed by atoms with E-state index in [-0.39, 0.29) is 6.03 Å². The van der Waals surface area contributed by atoms with Crippen molar-refractivity contribution in [2.45, 2.75) is 32.2 Å². The van der Waals surface area contributed by atoms with Gasteiger partial charge in [0.15, 0.2) is 0 Å². The lowest BCUT2D eigenvalue weighted by Gasteiger charge is -2.32. The van der Waals surface area contributed by atoms with Gasteiger partial charge in [-0.3, -0.25) is 0 Å². The summed E-state index contributed by atoms with van der Waals surface area (Å²) in [6, 6.07) is -0.353. The van der Waals surface area contributed by atoms with Gasteiger partial charge in [0.1, 0.15) is 5.54 Å². The molecule has 0 aliphatic carbocycles. The summed E-state index contributed by atoms with van der Waals surface area (Å²) in [6.07, 6.45) is 1.87. The van der Waals surface area contributed by atoms with Crippen molar-refractivity contribution in [3.05, 3.63) is 0 Å². The summed E-state index contributed by atoms with van der Waals surface area (Å²) in [6.45, 7) is 5.04. The van der Waals surface area contributed by atoms with Crippen molar-refractivity contribution < 1.29 is 19.4 Å². The topological polar surface area (TPSA) is 78.9 Å². The molecule has 2 N–H and O–H groups in total. The highest BCUT2D eigenvalue weighted by molar-refractivity contribution is 5.85. The molecule has 0 unspecified atom stereocenters. The number of hydrogen-bond acceptors (Lipinski definition) is 3. The minimum Gasteiger partial charge on any atom is -0.480 e. The summed E-state index contributed by atoms with van der Waals surface area (Å²) in [4.78, 5) is 24.1. The predicted molar refractivity (Wildman–Crippen MR) is 66.4 cm³/mol. The zero-order valence-corrected chi connectivity index (χ0v) is 11.2. The number of hydrogen-bond donors (Lipinski definition) is 2. The van der Waals surface area contributed by atoms with Gasteiger partial charge < -0.3 is 20.1 Å². The van der Waals surface area contributed by atoms with Crippen LogP contribution in [-0.2, 0) is 9.53 Å². The van der Waals surface area contributed by atoms with E-state index in [0.29, 0.717) is 12.5 Å². The number of rotatable bonds is 4. The molecule has 104 valence electrons. The van der Waals surface area contributed by atoms with Gasteiger partial charge in [-0.15, -0.1) is 0 Å². The Labute approximate surface area is 107 Å². The van der Waals surface area contributed by atoms with Crippen molar-refractivity contribution in [1.29, 1.82) is 0 Å². The first-order valence-corrected chi connectivity index (χ1v) is 6.18. The Bertz CT molecular complexity index is 311. The second-order valence-electron chi connectivity index (χ2n) is 5.16. The highest BCUT2D eigenvalue weighted by Gasteiger charge is 2.35. The Morgan fingerprint density at radius 1 is 1.39 bits per heavy atom. The monoisotopic (exact) mass is 258 g/mol. The van der Waals surface area contributed by atoms with Crippen LogP contribution in [0, 0.1) is 5.92 Å². The van der Waals surface area contributed by atoms with E-state index in [1.165, 1.54) is 25.8 Å². The van der Waals surface area contributed by atoms with Gasteiger partial charge in [-0.1, -0.05) is 0 Å². The lowest BCUT2D eigenvalue weighted by molar-refractivity contribution is -0.146. The van der Waals surface area contributed by atoms with Crippen LogP contribution >= 0.6 is 0 Å². The summed E-state index contributed by atoms with van der Waals surface area (Å²) < 4.78 is 5.24. The number of likely N-dealkylation sites (N-methyl/N-ethyl adjacent to an activating group) is 1. The molecule has 1 heterocycles. The van der Waals surface area contributed by atoms with Gasteiger partial charge in [0, 0.05) is 26.8 Å². The summed E-state index contributed by atoms with van der Waals surface area (Å²) >= 11 is 0. The minimum absolute atomic E-state index is 0.353. The second kappa shape index (κ2) is 6.04. The van der Waals surface area contributed by atoms with Gasteiger partial charge in [-0.25, -0.2) is 9.59 Å². The van der Waals surface area contributed by atoms with Crippen LogP contribution in [0.4, 0.5) is 4.79 Å². The predicted octanol–water partition coefficient (Wildman–Crippen LogP) is 0.918. The molecule has 2 amide bonds. The fourth-order valence-electron chi connectivity index (χ4n) is 1.70. The third kappa shape index (κ3) is 3.60. The van der Waals surface area contributed by atoms with Crippen LogP contribution in [0.5, 0.6) is 0 Å². The van der Waals surface area contributed by atoms with E-state index >= 15 is 0 Å². The summed E-state index contributed by atoms with van der Waals surface area (Å²) in [5, 5.41) is 11.8. The first-order chi connectivity index (χ1) is 8.35.